The van der Waals surface area contributed by atoms with Crippen LogP contribution in [0.25, 0.3) is 33.4 Å². The van der Waals surface area contributed by atoms with Gasteiger partial charge in [0.15, 0.2) is 0 Å². The zero-order chi connectivity index (χ0) is 38.3. The summed E-state index contributed by atoms with van der Waals surface area (Å²) in [7, 11) is 1.67. The SMILES string of the molecule is CCn1c(-c2cccnc2[C@H](C)OC)c2c3cc(ccc31)-c1csc(n1)C[C@H](NC(=O)C1[C@@H](CF)[C@@H]1CF)C(=O)N1CCC[C@H](N1)C(=O)OCC(C)(C)C2. The second-order valence-corrected chi connectivity index (χ2v) is 16.4. The van der Waals surface area contributed by atoms with Crippen molar-refractivity contribution in [3.8, 4) is 22.5 Å². The Morgan fingerprint density at radius 1 is 1.20 bits per heavy atom. The molecule has 5 heterocycles. The van der Waals surface area contributed by atoms with Crippen LogP contribution in [0.1, 0.15) is 62.9 Å². The van der Waals surface area contributed by atoms with E-state index in [2.05, 4.69) is 54.3 Å². The lowest BCUT2D eigenvalue weighted by atomic mass is 9.84. The number of pyridine rings is 1. The molecule has 5 atom stereocenters. The quantitative estimate of drug-likeness (QED) is 0.209. The second kappa shape index (κ2) is 15.5. The Morgan fingerprint density at radius 3 is 2.70 bits per heavy atom. The number of amides is 2. The molecule has 2 amide bonds. The van der Waals surface area contributed by atoms with E-state index in [9.17, 15) is 23.2 Å². The largest absolute Gasteiger partial charge is 0.464 e. The molecule has 4 aromatic rings. The van der Waals surface area contributed by atoms with Gasteiger partial charge in [-0.1, -0.05) is 19.9 Å². The molecule has 3 aromatic heterocycles. The van der Waals surface area contributed by atoms with Gasteiger partial charge < -0.3 is 19.4 Å². The fourth-order valence-electron chi connectivity index (χ4n) is 8.09. The number of benzene rings is 1. The lowest BCUT2D eigenvalue weighted by Gasteiger charge is -2.35. The number of nitrogens with one attached hydrogen (secondary N) is 2. The first-order chi connectivity index (χ1) is 26.0. The molecule has 3 aliphatic rings. The number of rotatable bonds is 8. The first-order valence-electron chi connectivity index (χ1n) is 18.7. The minimum Gasteiger partial charge on any atom is -0.464 e. The van der Waals surface area contributed by atoms with Crippen molar-refractivity contribution in [1.82, 2.24) is 30.3 Å². The standard InChI is InChI=1S/C40H48F2N6O5S/c1-6-47-32-12-11-23-15-25(32)26(36(47)24-9-7-13-43-35(24)22(2)52-5)17-40(3,4)21-53-39(51)29-10-8-14-48(46-29)38(50)30(16-33-44-31(23)20-54-33)45-37(49)34-27(18-41)28(34)19-42/h7,9,11-13,15,20,22,27-30,34,46H,6,8,10,14,16-19,21H2,1-5H3,(H,45,49)/t22-,27-,28-,29-,30-/m0/s1. The number of nitrogens with zero attached hydrogens (tertiary/aromatic N) is 4. The molecular weight excluding hydrogens is 715 g/mol. The highest BCUT2D eigenvalue weighted by atomic mass is 32.1. The summed E-state index contributed by atoms with van der Waals surface area (Å²) < 4.78 is 41.2. The summed E-state index contributed by atoms with van der Waals surface area (Å²) in [5, 5.41) is 7.75. The van der Waals surface area contributed by atoms with Gasteiger partial charge in [0, 0.05) is 83.4 Å². The number of halogens is 2. The van der Waals surface area contributed by atoms with Gasteiger partial charge >= 0.3 is 5.97 Å². The van der Waals surface area contributed by atoms with E-state index >= 15 is 0 Å². The van der Waals surface area contributed by atoms with Crippen LogP contribution >= 0.6 is 11.3 Å². The molecule has 1 saturated carbocycles. The van der Waals surface area contributed by atoms with Gasteiger partial charge in [-0.05, 0) is 62.9 Å². The van der Waals surface area contributed by atoms with Gasteiger partial charge in [0.05, 0.1) is 48.1 Å². The van der Waals surface area contributed by atoms with E-state index in [1.54, 1.807) is 13.3 Å². The van der Waals surface area contributed by atoms with Gasteiger partial charge in [-0.2, -0.15) is 0 Å². The van der Waals surface area contributed by atoms with Crippen LogP contribution in [-0.4, -0.2) is 83.0 Å². The van der Waals surface area contributed by atoms with Crippen molar-refractivity contribution >= 4 is 40.0 Å². The van der Waals surface area contributed by atoms with Crippen molar-refractivity contribution in [3.05, 3.63) is 58.2 Å². The lowest BCUT2D eigenvalue weighted by molar-refractivity contribution is -0.155. The Kier molecular flexibility index (Phi) is 10.9. The van der Waals surface area contributed by atoms with Crippen molar-refractivity contribution in [2.24, 2.45) is 23.2 Å². The van der Waals surface area contributed by atoms with Crippen LogP contribution in [-0.2, 0) is 43.2 Å². The van der Waals surface area contributed by atoms with Crippen LogP contribution in [0, 0.1) is 23.2 Å². The van der Waals surface area contributed by atoms with E-state index in [1.165, 1.54) is 16.3 Å². The first kappa shape index (κ1) is 38.0. The van der Waals surface area contributed by atoms with Crippen molar-refractivity contribution < 1.29 is 32.6 Å². The van der Waals surface area contributed by atoms with E-state index in [4.69, 9.17) is 19.4 Å². The predicted octanol–water partition coefficient (Wildman–Crippen LogP) is 6.00. The van der Waals surface area contributed by atoms with Crippen molar-refractivity contribution in [3.63, 3.8) is 0 Å². The Morgan fingerprint density at radius 2 is 1.98 bits per heavy atom. The predicted molar refractivity (Wildman–Crippen MR) is 202 cm³/mol. The van der Waals surface area contributed by atoms with Gasteiger partial charge in [0.2, 0.25) is 5.91 Å². The molecule has 2 N–H and O–H groups in total. The minimum absolute atomic E-state index is 0.0648. The molecule has 7 rings (SSSR count). The molecule has 2 fully saturated rings. The number of aryl methyl sites for hydroxylation is 1. The molecule has 0 radical (unpaired) electrons. The number of cyclic esters (lactones) is 1. The zero-order valence-electron chi connectivity index (χ0n) is 31.4. The number of methoxy groups -OCH3 is 1. The average Bonchev–Trinajstić information content (AvgIpc) is 3.58. The van der Waals surface area contributed by atoms with Gasteiger partial charge in [-0.3, -0.25) is 33.2 Å². The van der Waals surface area contributed by atoms with E-state index in [0.717, 1.165) is 44.7 Å². The maximum absolute atomic E-state index is 14.1. The number of hydrogen-bond acceptors (Lipinski definition) is 9. The van der Waals surface area contributed by atoms with Crippen LogP contribution in [0.5, 0.6) is 0 Å². The van der Waals surface area contributed by atoms with Gasteiger partial charge in [0.25, 0.3) is 5.91 Å². The summed E-state index contributed by atoms with van der Waals surface area (Å²) in [6.07, 6.45) is 3.17. The molecule has 0 unspecified atom stereocenters. The van der Waals surface area contributed by atoms with Crippen molar-refractivity contribution in [2.45, 2.75) is 78.1 Å². The summed E-state index contributed by atoms with van der Waals surface area (Å²) in [4.78, 5) is 50.7. The normalized spacial score (nSPS) is 24.9. The zero-order valence-corrected chi connectivity index (χ0v) is 32.2. The molecule has 288 valence electrons. The Bertz CT molecular complexity index is 2040. The second-order valence-electron chi connectivity index (χ2n) is 15.4. The van der Waals surface area contributed by atoms with E-state index in [-0.39, 0.29) is 19.1 Å². The third-order valence-corrected chi connectivity index (χ3v) is 12.0. The highest BCUT2D eigenvalue weighted by molar-refractivity contribution is 7.10. The van der Waals surface area contributed by atoms with E-state index in [0.29, 0.717) is 37.4 Å². The van der Waals surface area contributed by atoms with Gasteiger partial charge in [0.1, 0.15) is 12.1 Å². The summed E-state index contributed by atoms with van der Waals surface area (Å²) in [6.45, 7) is 7.78. The average molecular weight is 763 g/mol. The maximum atomic E-state index is 14.1. The maximum Gasteiger partial charge on any atom is 0.324 e. The molecule has 0 spiro atoms. The van der Waals surface area contributed by atoms with Crippen LogP contribution in [0.2, 0.25) is 0 Å². The van der Waals surface area contributed by atoms with Crippen LogP contribution in [0.4, 0.5) is 8.78 Å². The molecule has 11 nitrogen and oxygen atoms in total. The molecule has 14 heteroatoms. The molecule has 2 aliphatic heterocycles. The number of hydrazine groups is 1. The monoisotopic (exact) mass is 762 g/mol. The summed E-state index contributed by atoms with van der Waals surface area (Å²) >= 11 is 1.38. The van der Waals surface area contributed by atoms with Gasteiger partial charge in [-0.15, -0.1) is 11.3 Å². The topological polar surface area (TPSA) is 128 Å². The molecule has 1 aliphatic carbocycles. The van der Waals surface area contributed by atoms with Crippen LogP contribution in [0.15, 0.2) is 41.9 Å². The number of alkyl halides is 2. The summed E-state index contributed by atoms with van der Waals surface area (Å²) in [6, 6.07) is 8.46. The number of aromatic nitrogens is 3. The number of esters is 1. The molecular formula is C40H48F2N6O5S. The van der Waals surface area contributed by atoms with E-state index in [1.807, 2.05) is 24.4 Å². The summed E-state index contributed by atoms with van der Waals surface area (Å²) in [5.74, 6) is -3.73. The molecule has 1 aromatic carbocycles. The highest BCUT2D eigenvalue weighted by Crippen LogP contribution is 2.47. The smallest absolute Gasteiger partial charge is 0.324 e. The Labute approximate surface area is 317 Å². The molecule has 1 saturated heterocycles. The van der Waals surface area contributed by atoms with Gasteiger partial charge in [-0.25, -0.2) is 10.4 Å². The fraction of sp³-hybridized carbons (Fsp3) is 0.525. The fourth-order valence-corrected chi connectivity index (χ4v) is 8.94. The number of hydrogen-bond donors (Lipinski definition) is 2. The number of ether oxygens (including phenoxy) is 2. The first-order valence-corrected chi connectivity index (χ1v) is 19.6. The highest BCUT2D eigenvalue weighted by Gasteiger charge is 2.55. The van der Waals surface area contributed by atoms with E-state index < -0.39 is 66.4 Å². The molecule has 6 bridgehead atoms. The van der Waals surface area contributed by atoms with Crippen molar-refractivity contribution in [2.75, 3.05) is 33.6 Å². The lowest BCUT2D eigenvalue weighted by Crippen LogP contribution is -2.60. The minimum atomic E-state index is -1.07. The molecule has 54 heavy (non-hydrogen) atoms. The Hall–Kier alpha value is -4.27. The Balaban J connectivity index is 1.33. The third-order valence-electron chi connectivity index (χ3n) is 11.1. The number of fused-ring (bicyclic) bond motifs is 6. The number of carbonyl (C=O) groups is 3. The third kappa shape index (κ3) is 7.27. The van der Waals surface area contributed by atoms with Crippen molar-refractivity contribution in [1.29, 1.82) is 0 Å². The van der Waals surface area contributed by atoms with Crippen LogP contribution < -0.4 is 10.7 Å². The summed E-state index contributed by atoms with van der Waals surface area (Å²) in [5.41, 5.74) is 9.14. The van der Waals surface area contributed by atoms with Crippen LogP contribution in [0.3, 0.4) is 0 Å². The number of carbonyl (C=O) groups excluding carboxylic acids is 3. The number of thiazole rings is 1.